The fraction of sp³-hybridized carbons (Fsp3) is 0.184. The number of hydrogen-bond acceptors (Lipinski definition) is 8. The second kappa shape index (κ2) is 16.4. The predicted octanol–water partition coefficient (Wildman–Crippen LogP) is 7.03. The molecule has 239 valence electrons. The van der Waals surface area contributed by atoms with E-state index in [1.807, 2.05) is 60.7 Å². The van der Waals surface area contributed by atoms with E-state index < -0.39 is 0 Å². The van der Waals surface area contributed by atoms with Crippen molar-refractivity contribution in [1.29, 1.82) is 0 Å². The monoisotopic (exact) mass is 852 g/mol. The number of ether oxygens (including phenoxy) is 1. The zero-order valence-corrected chi connectivity index (χ0v) is 30.9. The van der Waals surface area contributed by atoms with Crippen LogP contribution in [0.15, 0.2) is 133 Å². The van der Waals surface area contributed by atoms with Gasteiger partial charge in [0.05, 0.1) is 0 Å². The van der Waals surface area contributed by atoms with Gasteiger partial charge in [-0.3, -0.25) is 0 Å². The number of anilines is 6. The number of carbonyl (C=O) groups is 1. The summed E-state index contributed by atoms with van der Waals surface area (Å²) < 4.78 is 5.35. The average molecular weight is 853 g/mol. The molecular weight excluding hydrogens is 812 g/mol. The molecule has 0 unspecified atom stereocenters. The molecule has 0 saturated heterocycles. The Balaban J connectivity index is 1.24. The second-order valence-corrected chi connectivity index (χ2v) is 15.5. The van der Waals surface area contributed by atoms with Crippen LogP contribution in [0.1, 0.15) is 5.56 Å². The number of benzene rings is 5. The number of rotatable bonds is 15. The number of esters is 1. The van der Waals surface area contributed by atoms with E-state index in [0.29, 0.717) is 29.4 Å². The first-order valence-corrected chi connectivity index (χ1v) is 17.5. The third kappa shape index (κ3) is 10.6. The number of hydrogen-bond donors (Lipinski definition) is 4. The molecule has 47 heavy (non-hydrogen) atoms. The molecule has 0 spiro atoms. The van der Waals surface area contributed by atoms with Gasteiger partial charge in [-0.2, -0.15) is 0 Å². The molecule has 0 heterocycles. The first-order chi connectivity index (χ1) is 22.7. The number of nitrogens with zero attached hydrogens (tertiary/aromatic N) is 2. The van der Waals surface area contributed by atoms with Gasteiger partial charge in [-0.25, -0.2) is 0 Å². The van der Waals surface area contributed by atoms with Crippen molar-refractivity contribution in [1.82, 2.24) is 5.32 Å². The van der Waals surface area contributed by atoms with Gasteiger partial charge in [-0.1, -0.05) is 0 Å². The Morgan fingerprint density at radius 3 is 1.53 bits per heavy atom. The molecule has 0 bridgehead atoms. The van der Waals surface area contributed by atoms with Crippen LogP contribution in [-0.2, 0) is 16.0 Å². The summed E-state index contributed by atoms with van der Waals surface area (Å²) in [6.45, 7) is 1.55. The molecule has 0 radical (unpaired) electrons. The molecule has 9 heteroatoms. The van der Waals surface area contributed by atoms with Crippen LogP contribution in [0.5, 0.6) is 5.75 Å². The van der Waals surface area contributed by atoms with Gasteiger partial charge in [0.1, 0.15) is 0 Å². The van der Waals surface area contributed by atoms with E-state index in [4.69, 9.17) is 4.74 Å². The number of para-hydroxylation sites is 2. The van der Waals surface area contributed by atoms with Crippen LogP contribution in [0.3, 0.4) is 0 Å². The maximum absolute atomic E-state index is 12.7. The second-order valence-electron chi connectivity index (χ2n) is 11.6. The molecule has 0 aliphatic heterocycles. The van der Waals surface area contributed by atoms with E-state index in [-0.39, 0.29) is 27.4 Å². The van der Waals surface area contributed by atoms with Gasteiger partial charge in [0.25, 0.3) is 0 Å². The number of phenolic OH excluding ortho intramolecular Hbond substituents is 1. The molecule has 0 atom stereocenters. The summed E-state index contributed by atoms with van der Waals surface area (Å²) in [5, 5.41) is 20.0. The van der Waals surface area contributed by atoms with Crippen molar-refractivity contribution in [3.8, 4) is 5.75 Å². The zero-order chi connectivity index (χ0) is 33.1. The van der Waals surface area contributed by atoms with Crippen LogP contribution < -0.4 is 25.8 Å². The van der Waals surface area contributed by atoms with Crippen molar-refractivity contribution < 1.29 is 44.1 Å². The van der Waals surface area contributed by atoms with Crippen molar-refractivity contribution >= 4 is 40.1 Å². The summed E-state index contributed by atoms with van der Waals surface area (Å²) in [5.41, 5.74) is 7.13. The molecule has 0 amide bonds. The number of likely N-dealkylation sites (N-methyl/N-ethyl adjacent to an activating group) is 2. The fourth-order valence-corrected chi connectivity index (χ4v) is 7.49. The van der Waals surface area contributed by atoms with Crippen molar-refractivity contribution in [3.63, 3.8) is 0 Å². The van der Waals surface area contributed by atoms with Gasteiger partial charge in [0.15, 0.2) is 0 Å². The van der Waals surface area contributed by atoms with Crippen molar-refractivity contribution in [3.05, 3.63) is 139 Å². The van der Waals surface area contributed by atoms with Gasteiger partial charge in [-0.05, 0) is 0 Å². The van der Waals surface area contributed by atoms with E-state index in [1.54, 1.807) is 24.3 Å². The summed E-state index contributed by atoms with van der Waals surface area (Å²) in [6.07, 6.45) is 0.144. The van der Waals surface area contributed by atoms with E-state index in [1.165, 1.54) is 0 Å². The first-order valence-electron chi connectivity index (χ1n) is 15.4. The zero-order valence-electron chi connectivity index (χ0n) is 26.7. The summed E-state index contributed by atoms with van der Waals surface area (Å²) in [5.74, 6) is -0.150. The van der Waals surface area contributed by atoms with Crippen LogP contribution in [0.2, 0.25) is 0 Å². The number of aromatic hydroxyl groups is 1. The number of carbonyl (C=O) groups excluding carboxylic acids is 1. The Hall–Kier alpha value is -4.42. The van der Waals surface area contributed by atoms with Gasteiger partial charge >= 0.3 is 298 Å². The van der Waals surface area contributed by atoms with Gasteiger partial charge < -0.3 is 0 Å². The fourth-order valence-electron chi connectivity index (χ4n) is 5.22. The Morgan fingerprint density at radius 2 is 1.09 bits per heavy atom. The Kier molecular flexibility index (Phi) is 11.9. The Bertz CT molecular complexity index is 1590. The quantitative estimate of drug-likeness (QED) is 0.0661. The SMILES string of the molecule is CN(C[C]([U])(CN(C)c1ccc(Nc2ccccc2)cc1)NCOC(=O)Cc1ccc(O)cc1)c1ccc(Nc2ccccc2)cc1. The summed E-state index contributed by atoms with van der Waals surface area (Å²) in [6, 6.07) is 43.7. The van der Waals surface area contributed by atoms with Crippen molar-refractivity contribution in [2.75, 3.05) is 54.3 Å². The molecule has 0 aromatic heterocycles. The molecule has 0 fully saturated rings. The molecule has 5 aromatic carbocycles. The summed E-state index contributed by atoms with van der Waals surface area (Å²) >= 11 is 0.489. The van der Waals surface area contributed by atoms with Crippen LogP contribution in [0.4, 0.5) is 34.1 Å². The van der Waals surface area contributed by atoms with Crippen LogP contribution in [0, 0.1) is 29.4 Å². The topological polar surface area (TPSA) is 89.1 Å². The van der Waals surface area contributed by atoms with E-state index >= 15 is 0 Å². The van der Waals surface area contributed by atoms with Crippen LogP contribution in [-0.4, -0.2) is 47.6 Å². The third-order valence-corrected chi connectivity index (χ3v) is 9.74. The normalized spacial score (nSPS) is 11.1. The Labute approximate surface area is 296 Å². The first kappa shape index (κ1) is 33.9. The molecule has 4 N–H and O–H groups in total. The van der Waals surface area contributed by atoms with Gasteiger partial charge in [0.2, 0.25) is 0 Å². The third-order valence-electron chi connectivity index (χ3n) is 7.68. The van der Waals surface area contributed by atoms with Crippen molar-refractivity contribution in [2.45, 2.75) is 8.99 Å². The average Bonchev–Trinajstić information content (AvgIpc) is 3.07. The minimum absolute atomic E-state index is 0.107. The van der Waals surface area contributed by atoms with Gasteiger partial charge in [-0.15, -0.1) is 0 Å². The molecule has 0 aliphatic carbocycles. The van der Waals surface area contributed by atoms with Crippen LogP contribution in [0.25, 0.3) is 0 Å². The Morgan fingerprint density at radius 1 is 0.660 bits per heavy atom. The standard InChI is InChI=1S/C38H40N5O3.U/c1-42(35-19-15-32(16-20-35)40-30-9-5-3-6-10-30)26-34(39-28-46-38(45)25-29-13-23-37(44)24-14-29)27-43(2)36-21-17-33(18-22-36)41-31-11-7-4-8-12-31;/h3-24,39-41,44H,25-28H2,1-2H3;. The number of nitrogens with one attached hydrogen (secondary N) is 3. The molecule has 5 aromatic rings. The molecule has 0 aliphatic rings. The predicted molar refractivity (Wildman–Crippen MR) is 188 cm³/mol. The van der Waals surface area contributed by atoms with Gasteiger partial charge in [0, 0.05) is 0 Å². The maximum atomic E-state index is 12.7. The van der Waals surface area contributed by atoms with E-state index in [9.17, 15) is 9.90 Å². The van der Waals surface area contributed by atoms with Crippen LogP contribution >= 0.6 is 0 Å². The summed E-state index contributed by atoms with van der Waals surface area (Å²) in [7, 11) is 4.19. The molecular formula is C38H40N5O3U. The minimum atomic E-state index is -0.319. The molecule has 5 rings (SSSR count). The number of phenols is 1. The van der Waals surface area contributed by atoms with E-state index in [2.05, 4.69) is 88.4 Å². The van der Waals surface area contributed by atoms with Crippen molar-refractivity contribution in [2.24, 2.45) is 0 Å². The van der Waals surface area contributed by atoms with E-state index in [0.717, 1.165) is 52.8 Å². The molecule has 8 nitrogen and oxygen atoms in total. The summed E-state index contributed by atoms with van der Waals surface area (Å²) in [4.78, 5) is 17.2. The molecule has 0 saturated carbocycles.